The van der Waals surface area contributed by atoms with Gasteiger partial charge in [-0.3, -0.25) is 4.79 Å². The lowest BCUT2D eigenvalue weighted by Gasteiger charge is -2.45. The van der Waals surface area contributed by atoms with Gasteiger partial charge in [-0.15, -0.1) is 11.3 Å². The lowest BCUT2D eigenvalue weighted by atomic mass is 9.67. The standard InChI is InChI=1S/C14H20N2O4S/c1-8-15-7-10(21-8)14(5-9(6-14)11(17)18)16-12(19)20-13(2,3)4/h7,9H,5-6H2,1-4H3,(H,16,19)(H,17,18). The minimum Gasteiger partial charge on any atom is -0.481 e. The molecule has 1 aliphatic carbocycles. The molecule has 1 fully saturated rings. The second kappa shape index (κ2) is 5.29. The summed E-state index contributed by atoms with van der Waals surface area (Å²) in [5, 5.41) is 12.8. The number of nitrogens with one attached hydrogen (secondary N) is 1. The molecule has 1 heterocycles. The first-order chi connectivity index (χ1) is 9.61. The molecule has 1 aromatic heterocycles. The number of hydrogen-bond acceptors (Lipinski definition) is 5. The normalized spacial score (nSPS) is 25.0. The molecule has 0 aromatic carbocycles. The predicted octanol–water partition coefficient (Wildman–Crippen LogP) is 2.67. The van der Waals surface area contributed by atoms with Crippen molar-refractivity contribution in [3.63, 3.8) is 0 Å². The van der Waals surface area contributed by atoms with Crippen LogP contribution in [0, 0.1) is 12.8 Å². The number of alkyl carbamates (subject to hydrolysis) is 1. The lowest BCUT2D eigenvalue weighted by molar-refractivity contribution is -0.148. The second-order valence-corrected chi connectivity index (χ2v) is 7.63. The van der Waals surface area contributed by atoms with Gasteiger partial charge in [-0.05, 0) is 40.5 Å². The third-order valence-corrected chi connectivity index (χ3v) is 4.49. The van der Waals surface area contributed by atoms with Crippen LogP contribution in [0.5, 0.6) is 0 Å². The molecular formula is C14H20N2O4S. The highest BCUT2D eigenvalue weighted by Gasteiger charge is 2.51. The summed E-state index contributed by atoms with van der Waals surface area (Å²) in [5.74, 6) is -1.28. The van der Waals surface area contributed by atoms with Crippen molar-refractivity contribution in [2.75, 3.05) is 0 Å². The summed E-state index contributed by atoms with van der Waals surface area (Å²) in [5.41, 5.74) is -1.26. The minimum absolute atomic E-state index is 0.364. The number of ether oxygens (including phenoxy) is 1. The van der Waals surface area contributed by atoms with Crippen molar-refractivity contribution >= 4 is 23.4 Å². The zero-order valence-corrected chi connectivity index (χ0v) is 13.4. The van der Waals surface area contributed by atoms with Gasteiger partial charge < -0.3 is 15.2 Å². The van der Waals surface area contributed by atoms with Crippen molar-refractivity contribution in [3.8, 4) is 0 Å². The molecule has 1 aromatic rings. The third kappa shape index (κ3) is 3.53. The van der Waals surface area contributed by atoms with Gasteiger partial charge in [-0.2, -0.15) is 0 Å². The van der Waals surface area contributed by atoms with Crippen LogP contribution in [0.2, 0.25) is 0 Å². The number of carbonyl (C=O) groups excluding carboxylic acids is 1. The summed E-state index contributed by atoms with van der Waals surface area (Å²) in [6.07, 6.45) is 1.90. The van der Waals surface area contributed by atoms with Crippen molar-refractivity contribution in [3.05, 3.63) is 16.1 Å². The summed E-state index contributed by atoms with van der Waals surface area (Å²) in [4.78, 5) is 28.2. The average Bonchev–Trinajstić information content (AvgIpc) is 2.66. The number of aromatic nitrogens is 1. The number of hydrogen-bond donors (Lipinski definition) is 2. The molecule has 0 saturated heterocycles. The number of amides is 1. The summed E-state index contributed by atoms with van der Waals surface area (Å²) in [6.45, 7) is 7.24. The molecule has 2 rings (SSSR count). The van der Waals surface area contributed by atoms with Crippen LogP contribution >= 0.6 is 11.3 Å². The SMILES string of the molecule is Cc1ncc(C2(NC(=O)OC(C)(C)C)CC(C(=O)O)C2)s1. The quantitative estimate of drug-likeness (QED) is 0.895. The van der Waals surface area contributed by atoms with Crippen LogP contribution in [0.25, 0.3) is 0 Å². The highest BCUT2D eigenvalue weighted by atomic mass is 32.1. The number of aliphatic carboxylic acids is 1. The van der Waals surface area contributed by atoms with Crippen molar-refractivity contribution < 1.29 is 19.4 Å². The Labute approximate surface area is 127 Å². The molecule has 0 radical (unpaired) electrons. The van der Waals surface area contributed by atoms with Crippen LogP contribution in [0.4, 0.5) is 4.79 Å². The first-order valence-electron chi connectivity index (χ1n) is 6.78. The number of thiazole rings is 1. The molecule has 2 N–H and O–H groups in total. The van der Waals surface area contributed by atoms with Gasteiger partial charge in [-0.1, -0.05) is 0 Å². The fourth-order valence-electron chi connectivity index (χ4n) is 2.40. The summed E-state index contributed by atoms with van der Waals surface area (Å²) in [7, 11) is 0. The van der Waals surface area contributed by atoms with Crippen LogP contribution in [0.3, 0.4) is 0 Å². The third-order valence-electron chi connectivity index (χ3n) is 3.37. The van der Waals surface area contributed by atoms with Crippen LogP contribution in [-0.4, -0.2) is 27.8 Å². The van der Waals surface area contributed by atoms with E-state index in [1.54, 1.807) is 27.0 Å². The molecule has 1 saturated carbocycles. The molecular weight excluding hydrogens is 292 g/mol. The van der Waals surface area contributed by atoms with E-state index in [0.29, 0.717) is 12.8 Å². The van der Waals surface area contributed by atoms with E-state index in [9.17, 15) is 9.59 Å². The number of carboxylic acids is 1. The first-order valence-corrected chi connectivity index (χ1v) is 7.60. The molecule has 21 heavy (non-hydrogen) atoms. The number of carboxylic acid groups (broad SMARTS) is 1. The van der Waals surface area contributed by atoms with Crippen molar-refractivity contribution in [2.24, 2.45) is 5.92 Å². The Morgan fingerprint density at radius 1 is 1.48 bits per heavy atom. The Hall–Kier alpha value is -1.63. The number of aryl methyl sites for hydroxylation is 1. The predicted molar refractivity (Wildman–Crippen MR) is 78.3 cm³/mol. The van der Waals surface area contributed by atoms with Gasteiger partial charge in [-0.25, -0.2) is 9.78 Å². The molecule has 1 amide bonds. The van der Waals surface area contributed by atoms with E-state index in [0.717, 1.165) is 9.88 Å². The van der Waals surface area contributed by atoms with Gasteiger partial charge in [0, 0.05) is 6.20 Å². The molecule has 0 aliphatic heterocycles. The summed E-state index contributed by atoms with van der Waals surface area (Å²) >= 11 is 1.47. The number of rotatable bonds is 3. The molecule has 116 valence electrons. The van der Waals surface area contributed by atoms with Crippen LogP contribution in [0.1, 0.15) is 43.5 Å². The average molecular weight is 312 g/mol. The van der Waals surface area contributed by atoms with E-state index in [-0.39, 0.29) is 0 Å². The largest absolute Gasteiger partial charge is 0.481 e. The molecule has 7 heteroatoms. The smallest absolute Gasteiger partial charge is 0.408 e. The fraction of sp³-hybridized carbons (Fsp3) is 0.643. The van der Waals surface area contributed by atoms with Crippen molar-refractivity contribution in [1.82, 2.24) is 10.3 Å². The van der Waals surface area contributed by atoms with Crippen LogP contribution < -0.4 is 5.32 Å². The van der Waals surface area contributed by atoms with Crippen LogP contribution in [-0.2, 0) is 15.1 Å². The Kier molecular flexibility index (Phi) is 3.97. The number of carbonyl (C=O) groups is 2. The minimum atomic E-state index is -0.835. The Morgan fingerprint density at radius 2 is 2.10 bits per heavy atom. The maximum absolute atomic E-state index is 12.0. The Bertz CT molecular complexity index is 556. The maximum Gasteiger partial charge on any atom is 0.408 e. The van der Waals surface area contributed by atoms with Gasteiger partial charge in [0.15, 0.2) is 0 Å². The van der Waals surface area contributed by atoms with E-state index in [2.05, 4.69) is 10.3 Å². The van der Waals surface area contributed by atoms with Gasteiger partial charge in [0.1, 0.15) is 5.60 Å². The van der Waals surface area contributed by atoms with Crippen molar-refractivity contribution in [2.45, 2.75) is 51.7 Å². The summed E-state index contributed by atoms with van der Waals surface area (Å²) in [6, 6.07) is 0. The van der Waals surface area contributed by atoms with Gasteiger partial charge in [0.2, 0.25) is 0 Å². The van der Waals surface area contributed by atoms with E-state index in [4.69, 9.17) is 9.84 Å². The molecule has 0 bridgehead atoms. The molecule has 0 atom stereocenters. The van der Waals surface area contributed by atoms with E-state index < -0.39 is 29.1 Å². The van der Waals surface area contributed by atoms with Crippen LogP contribution in [0.15, 0.2) is 6.20 Å². The Balaban J connectivity index is 2.15. The Morgan fingerprint density at radius 3 is 2.52 bits per heavy atom. The lowest BCUT2D eigenvalue weighted by Crippen LogP contribution is -2.56. The molecule has 0 spiro atoms. The number of nitrogens with zero attached hydrogens (tertiary/aromatic N) is 1. The molecule has 6 nitrogen and oxygen atoms in total. The zero-order valence-electron chi connectivity index (χ0n) is 12.6. The zero-order chi connectivity index (χ0) is 15.8. The highest BCUT2D eigenvalue weighted by Crippen LogP contribution is 2.47. The van der Waals surface area contributed by atoms with Gasteiger partial charge >= 0.3 is 12.1 Å². The molecule has 0 unspecified atom stereocenters. The topological polar surface area (TPSA) is 88.5 Å². The van der Waals surface area contributed by atoms with E-state index in [1.807, 2.05) is 6.92 Å². The molecule has 1 aliphatic rings. The fourth-order valence-corrected chi connectivity index (χ4v) is 3.34. The first kappa shape index (κ1) is 15.8. The van der Waals surface area contributed by atoms with E-state index >= 15 is 0 Å². The van der Waals surface area contributed by atoms with Crippen molar-refractivity contribution in [1.29, 1.82) is 0 Å². The monoisotopic (exact) mass is 312 g/mol. The highest BCUT2D eigenvalue weighted by molar-refractivity contribution is 7.11. The van der Waals surface area contributed by atoms with Gasteiger partial charge in [0.05, 0.1) is 21.3 Å². The summed E-state index contributed by atoms with van der Waals surface area (Å²) < 4.78 is 5.28. The van der Waals surface area contributed by atoms with E-state index in [1.165, 1.54) is 11.3 Å². The maximum atomic E-state index is 12.0. The second-order valence-electron chi connectivity index (χ2n) is 6.40. The van der Waals surface area contributed by atoms with Gasteiger partial charge in [0.25, 0.3) is 0 Å².